The van der Waals surface area contributed by atoms with Crippen molar-refractivity contribution in [1.82, 2.24) is 21.3 Å². The molecule has 3 amide bonds. The zero-order valence-electron chi connectivity index (χ0n) is 31.7. The quantitative estimate of drug-likeness (QED) is 0.0840. The van der Waals surface area contributed by atoms with Gasteiger partial charge in [0.1, 0.15) is 24.9 Å². The lowest BCUT2D eigenvalue weighted by molar-refractivity contribution is -0.139. The third-order valence-corrected chi connectivity index (χ3v) is 12.1. The molecule has 13 nitrogen and oxygen atoms in total. The molecule has 1 aliphatic carbocycles. The second kappa shape index (κ2) is 20.0. The number of ether oxygens (including phenoxy) is 1. The lowest BCUT2D eigenvalue weighted by atomic mass is 9.82. The van der Waals surface area contributed by atoms with Gasteiger partial charge in [-0.05, 0) is 66.7 Å². The number of amides is 3. The fraction of sp³-hybridized carbons (Fsp3) is 0.829. The molecule has 0 aromatic carbocycles. The van der Waals surface area contributed by atoms with Crippen LogP contribution in [0.15, 0.2) is 0 Å². The normalized spacial score (nSPS) is 18.0. The highest BCUT2D eigenvalue weighted by atomic mass is 32.2. The highest BCUT2D eigenvalue weighted by Gasteiger charge is 2.37. The van der Waals surface area contributed by atoms with Crippen molar-refractivity contribution < 1.29 is 43.7 Å². The van der Waals surface area contributed by atoms with Gasteiger partial charge in [-0.25, -0.2) is 0 Å². The Morgan fingerprint density at radius 2 is 1.22 bits per heavy atom. The van der Waals surface area contributed by atoms with Crippen LogP contribution in [0.5, 0.6) is 0 Å². The molecule has 0 radical (unpaired) electrons. The first-order chi connectivity index (χ1) is 22.9. The Balaban J connectivity index is 2.82. The average molecular weight is 747 g/mol. The second-order valence-electron chi connectivity index (χ2n) is 15.9. The van der Waals surface area contributed by atoms with Crippen LogP contribution in [0.25, 0.3) is 0 Å². The number of Topliss-reactive ketones (excluding diaryl/α,β-unsaturated/α-hetero) is 1. The SMILES string of the molecule is CCC(C)(C)C(=O)CCC(C)(C)OCCC(C)(C)C(=O)NC(CSC1CCC1SCC(NC(C)(C)C)C(=O)NCC(=O)O)C(=O)NCC(=O)O. The maximum atomic E-state index is 13.5. The number of carbonyl (C=O) groups is 6. The van der Waals surface area contributed by atoms with Crippen molar-refractivity contribution in [1.29, 1.82) is 0 Å². The molecular formula is C35H62N4O9S2. The minimum atomic E-state index is -1.20. The van der Waals surface area contributed by atoms with Gasteiger partial charge in [0.2, 0.25) is 17.7 Å². The van der Waals surface area contributed by atoms with E-state index in [1.165, 1.54) is 11.8 Å². The Morgan fingerprint density at radius 3 is 1.66 bits per heavy atom. The number of carbonyl (C=O) groups excluding carboxylic acids is 4. The minimum Gasteiger partial charge on any atom is -0.480 e. The first-order valence-corrected chi connectivity index (χ1v) is 19.5. The number of carboxylic acids is 2. The summed E-state index contributed by atoms with van der Waals surface area (Å²) in [5.41, 5.74) is -2.23. The Hall–Kier alpha value is -2.36. The van der Waals surface area contributed by atoms with Crippen LogP contribution in [-0.2, 0) is 33.5 Å². The highest BCUT2D eigenvalue weighted by molar-refractivity contribution is 8.04. The average Bonchev–Trinajstić information content (AvgIpc) is 2.98. The number of aliphatic carboxylic acids is 2. The number of ketones is 1. The molecule has 0 heterocycles. The maximum absolute atomic E-state index is 13.5. The smallest absolute Gasteiger partial charge is 0.322 e. The number of carboxylic acid groups (broad SMARTS) is 2. The predicted molar refractivity (Wildman–Crippen MR) is 198 cm³/mol. The van der Waals surface area contributed by atoms with E-state index in [0.29, 0.717) is 25.0 Å². The molecule has 288 valence electrons. The van der Waals surface area contributed by atoms with Gasteiger partial charge in [0, 0.05) is 51.4 Å². The third kappa shape index (κ3) is 17.2. The van der Waals surface area contributed by atoms with Gasteiger partial charge in [-0.2, -0.15) is 23.5 Å². The van der Waals surface area contributed by atoms with Gasteiger partial charge in [0.05, 0.1) is 11.6 Å². The van der Waals surface area contributed by atoms with Crippen LogP contribution in [0, 0.1) is 10.8 Å². The molecule has 1 rings (SSSR count). The molecule has 1 aliphatic rings. The van der Waals surface area contributed by atoms with Crippen molar-refractivity contribution in [3.05, 3.63) is 0 Å². The van der Waals surface area contributed by atoms with E-state index in [4.69, 9.17) is 14.9 Å². The number of thioether (sulfide) groups is 2. The van der Waals surface area contributed by atoms with E-state index in [1.807, 2.05) is 55.4 Å². The fourth-order valence-electron chi connectivity index (χ4n) is 4.79. The van der Waals surface area contributed by atoms with E-state index in [1.54, 1.807) is 25.6 Å². The minimum absolute atomic E-state index is 0.141. The largest absolute Gasteiger partial charge is 0.480 e. The zero-order valence-corrected chi connectivity index (χ0v) is 33.3. The third-order valence-electron chi connectivity index (χ3n) is 8.90. The Morgan fingerprint density at radius 1 is 0.740 bits per heavy atom. The van der Waals surface area contributed by atoms with E-state index >= 15 is 0 Å². The van der Waals surface area contributed by atoms with Crippen LogP contribution in [0.1, 0.15) is 108 Å². The van der Waals surface area contributed by atoms with E-state index in [2.05, 4.69) is 21.3 Å². The van der Waals surface area contributed by atoms with Gasteiger partial charge in [0.15, 0.2) is 0 Å². The lowest BCUT2D eigenvalue weighted by Gasteiger charge is -2.38. The van der Waals surface area contributed by atoms with Gasteiger partial charge in [0.25, 0.3) is 0 Å². The molecular weight excluding hydrogens is 685 g/mol. The van der Waals surface area contributed by atoms with Crippen LogP contribution in [0.4, 0.5) is 0 Å². The summed E-state index contributed by atoms with van der Waals surface area (Å²) < 4.78 is 6.11. The van der Waals surface area contributed by atoms with Crippen LogP contribution >= 0.6 is 23.5 Å². The fourth-order valence-corrected chi connectivity index (χ4v) is 7.92. The van der Waals surface area contributed by atoms with Crippen molar-refractivity contribution in [2.75, 3.05) is 31.2 Å². The van der Waals surface area contributed by atoms with Gasteiger partial charge in [-0.1, -0.05) is 34.6 Å². The first kappa shape index (κ1) is 45.7. The van der Waals surface area contributed by atoms with Crippen molar-refractivity contribution in [3.8, 4) is 0 Å². The standard InChI is InChI=1S/C35H62N4O9S2/c1-11-33(5,6)26(40)14-15-35(9,10)48-17-16-34(7,8)31(47)38-22(29(45)36-18-27(41)42)20-49-24-12-13-25(24)50-21-23(39-32(2,3)4)30(46)37-19-28(43)44/h22-25,39H,11-21H2,1-10H3,(H,36,45)(H,37,46)(H,38,47)(H,41,42)(H,43,44). The number of nitrogens with one attached hydrogen (secondary N) is 4. The highest BCUT2D eigenvalue weighted by Crippen LogP contribution is 2.41. The monoisotopic (exact) mass is 746 g/mol. The summed E-state index contributed by atoms with van der Waals surface area (Å²) in [6, 6.07) is -1.58. The van der Waals surface area contributed by atoms with Gasteiger partial charge in [-0.15, -0.1) is 0 Å². The van der Waals surface area contributed by atoms with Crippen molar-refractivity contribution in [2.24, 2.45) is 10.8 Å². The van der Waals surface area contributed by atoms with Gasteiger partial charge < -0.3 is 36.2 Å². The number of hydrogen-bond donors (Lipinski definition) is 6. The Bertz CT molecular complexity index is 1190. The molecule has 6 N–H and O–H groups in total. The van der Waals surface area contributed by atoms with Crippen LogP contribution < -0.4 is 21.3 Å². The summed E-state index contributed by atoms with van der Waals surface area (Å²) in [6.45, 7) is 18.3. The maximum Gasteiger partial charge on any atom is 0.322 e. The molecule has 0 spiro atoms. The molecule has 0 aliphatic heterocycles. The molecule has 4 atom stereocenters. The summed E-state index contributed by atoms with van der Waals surface area (Å²) in [4.78, 5) is 74.0. The molecule has 0 bridgehead atoms. The van der Waals surface area contributed by atoms with Gasteiger partial charge >= 0.3 is 11.9 Å². The Kier molecular flexibility index (Phi) is 18.3. The van der Waals surface area contributed by atoms with E-state index in [0.717, 1.165) is 19.3 Å². The summed E-state index contributed by atoms with van der Waals surface area (Å²) in [5, 5.41) is 29.3. The summed E-state index contributed by atoms with van der Waals surface area (Å²) >= 11 is 3.12. The Labute approximate surface area is 306 Å². The molecule has 1 fully saturated rings. The van der Waals surface area contributed by atoms with Crippen LogP contribution in [0.2, 0.25) is 0 Å². The second-order valence-corrected chi connectivity index (χ2v) is 18.5. The predicted octanol–water partition coefficient (Wildman–Crippen LogP) is 3.62. The number of rotatable bonds is 24. The van der Waals surface area contributed by atoms with E-state index in [-0.39, 0.29) is 51.4 Å². The molecule has 50 heavy (non-hydrogen) atoms. The topological polar surface area (TPSA) is 200 Å². The molecule has 0 aromatic rings. The number of hydrogen-bond acceptors (Lipinski definition) is 10. The molecule has 0 aromatic heterocycles. The zero-order chi connectivity index (χ0) is 38.5. The van der Waals surface area contributed by atoms with Gasteiger partial charge in [-0.3, -0.25) is 28.8 Å². The first-order valence-electron chi connectivity index (χ1n) is 17.4. The van der Waals surface area contributed by atoms with Crippen LogP contribution in [-0.4, -0.2) is 111 Å². The summed E-state index contributed by atoms with van der Waals surface area (Å²) in [6.07, 6.45) is 3.85. The van der Waals surface area contributed by atoms with E-state index in [9.17, 15) is 28.8 Å². The molecule has 4 unspecified atom stereocenters. The van der Waals surface area contributed by atoms with Crippen molar-refractivity contribution in [2.45, 2.75) is 141 Å². The molecule has 0 saturated heterocycles. The summed E-state index contributed by atoms with van der Waals surface area (Å²) in [5.74, 6) is -2.83. The van der Waals surface area contributed by atoms with Crippen molar-refractivity contribution in [3.63, 3.8) is 0 Å². The van der Waals surface area contributed by atoms with E-state index < -0.39 is 54.0 Å². The van der Waals surface area contributed by atoms with Crippen molar-refractivity contribution >= 4 is 59.0 Å². The van der Waals surface area contributed by atoms with Crippen LogP contribution in [0.3, 0.4) is 0 Å². The summed E-state index contributed by atoms with van der Waals surface area (Å²) in [7, 11) is 0. The lowest BCUT2D eigenvalue weighted by Crippen LogP contribution is -2.54. The molecule has 1 saturated carbocycles. The molecule has 15 heteroatoms.